The molecule has 1 aliphatic rings. The first-order chi connectivity index (χ1) is 8.74. The van der Waals surface area contributed by atoms with E-state index in [0.717, 1.165) is 19.6 Å². The molecule has 2 heterocycles. The van der Waals surface area contributed by atoms with Gasteiger partial charge in [-0.2, -0.15) is 0 Å². The van der Waals surface area contributed by atoms with E-state index in [1.165, 1.54) is 14.2 Å². The number of morpholine rings is 1. The van der Waals surface area contributed by atoms with E-state index in [4.69, 9.17) is 14.2 Å². The zero-order chi connectivity index (χ0) is 13.0. The highest BCUT2D eigenvalue weighted by atomic mass is 35.5. The monoisotopic (exact) mass is 290 g/mol. The van der Waals surface area contributed by atoms with Crippen LogP contribution in [0.4, 0.5) is 5.95 Å². The molecular weight excluding hydrogens is 272 g/mol. The lowest BCUT2D eigenvalue weighted by Crippen LogP contribution is -3.00. The van der Waals surface area contributed by atoms with Crippen molar-refractivity contribution in [1.82, 2.24) is 19.4 Å². The summed E-state index contributed by atoms with van der Waals surface area (Å²) in [6.45, 7) is 6.15. The molecule has 0 saturated carbocycles. The average molecular weight is 291 g/mol. The Morgan fingerprint density at radius 2 is 1.58 bits per heavy atom. The van der Waals surface area contributed by atoms with Crippen molar-refractivity contribution in [3.63, 3.8) is 0 Å². The van der Waals surface area contributed by atoms with Gasteiger partial charge in [0.05, 0.1) is 34.0 Å². The molecule has 108 valence electrons. The summed E-state index contributed by atoms with van der Waals surface area (Å²) in [6, 6.07) is 0.573. The van der Waals surface area contributed by atoms with Crippen LogP contribution in [0.5, 0.6) is 12.0 Å². The Labute approximate surface area is 118 Å². The maximum absolute atomic E-state index is 5.41. The van der Waals surface area contributed by atoms with Gasteiger partial charge in [-0.25, -0.2) is 0 Å². The molecule has 0 aliphatic carbocycles. The van der Waals surface area contributed by atoms with Crippen LogP contribution in [-0.2, 0) is 4.74 Å². The molecule has 19 heavy (non-hydrogen) atoms. The second kappa shape index (κ2) is 6.83. The summed E-state index contributed by atoms with van der Waals surface area (Å²) in [5, 5.41) is 0. The van der Waals surface area contributed by atoms with E-state index >= 15 is 0 Å². The number of aromatic nitrogens is 3. The number of likely N-dealkylation sites (N-methyl/N-ethyl adjacent to an activating group) is 1. The fourth-order valence-electron chi connectivity index (χ4n) is 2.07. The fourth-order valence-corrected chi connectivity index (χ4v) is 2.07. The first-order valence-electron chi connectivity index (χ1n) is 6.02. The van der Waals surface area contributed by atoms with Gasteiger partial charge in [0.25, 0.3) is 0 Å². The summed E-state index contributed by atoms with van der Waals surface area (Å²) < 4.78 is 16.3. The normalized spacial score (nSPS) is 17.4. The summed E-state index contributed by atoms with van der Waals surface area (Å²) in [7, 11) is 3.07. The summed E-state index contributed by atoms with van der Waals surface area (Å²) in [6.07, 6.45) is 0. The predicted octanol–water partition coefficient (Wildman–Crippen LogP) is -2.75. The van der Waals surface area contributed by atoms with E-state index in [9.17, 15) is 0 Å². The van der Waals surface area contributed by atoms with Crippen molar-refractivity contribution >= 4 is 5.95 Å². The first kappa shape index (κ1) is 15.9. The van der Waals surface area contributed by atoms with Gasteiger partial charge in [0.2, 0.25) is 0 Å². The van der Waals surface area contributed by atoms with Crippen molar-refractivity contribution in [2.75, 3.05) is 47.1 Å². The molecule has 2 rings (SSSR count). The molecule has 0 atom stereocenters. The summed E-state index contributed by atoms with van der Waals surface area (Å²) in [5.41, 5.74) is 0. The van der Waals surface area contributed by atoms with E-state index in [-0.39, 0.29) is 24.4 Å². The van der Waals surface area contributed by atoms with Crippen molar-refractivity contribution in [2.24, 2.45) is 0 Å². The fraction of sp³-hybridized carbons (Fsp3) is 0.727. The number of halogens is 1. The maximum Gasteiger partial charge on any atom is 0.338 e. The van der Waals surface area contributed by atoms with Crippen molar-refractivity contribution in [1.29, 1.82) is 0 Å². The van der Waals surface area contributed by atoms with Gasteiger partial charge < -0.3 is 26.6 Å². The molecule has 0 amide bonds. The zero-order valence-electron chi connectivity index (χ0n) is 11.4. The molecule has 1 aliphatic heterocycles. The summed E-state index contributed by atoms with van der Waals surface area (Å²) in [5.74, 6) is 0.685. The Kier molecular flexibility index (Phi) is 5.71. The highest BCUT2D eigenvalue weighted by molar-refractivity contribution is 5.28. The van der Waals surface area contributed by atoms with Gasteiger partial charge in [-0.3, -0.25) is 4.48 Å². The Morgan fingerprint density at radius 3 is 2.00 bits per heavy atom. The Morgan fingerprint density at radius 1 is 1.05 bits per heavy atom. The van der Waals surface area contributed by atoms with Crippen LogP contribution in [0.25, 0.3) is 0 Å². The second-order valence-electron chi connectivity index (χ2n) is 4.13. The van der Waals surface area contributed by atoms with E-state index in [2.05, 4.69) is 21.9 Å². The average Bonchev–Trinajstić information content (AvgIpc) is 2.47. The highest BCUT2D eigenvalue weighted by Gasteiger charge is 2.35. The minimum Gasteiger partial charge on any atom is -1.00 e. The van der Waals surface area contributed by atoms with Crippen molar-refractivity contribution in [2.45, 2.75) is 6.92 Å². The summed E-state index contributed by atoms with van der Waals surface area (Å²) in [4.78, 5) is 12.7. The Balaban J connectivity index is 0.00000180. The molecule has 1 saturated heterocycles. The van der Waals surface area contributed by atoms with Crippen LogP contribution in [-0.4, -0.2) is 62.0 Å². The van der Waals surface area contributed by atoms with Crippen molar-refractivity contribution in [3.05, 3.63) is 0 Å². The molecule has 0 bridgehead atoms. The molecule has 0 radical (unpaired) electrons. The van der Waals surface area contributed by atoms with Crippen LogP contribution in [0.3, 0.4) is 0 Å². The third-order valence-corrected chi connectivity index (χ3v) is 3.30. The highest BCUT2D eigenvalue weighted by Crippen LogP contribution is 2.24. The molecule has 0 unspecified atom stereocenters. The molecule has 1 fully saturated rings. The van der Waals surface area contributed by atoms with Crippen LogP contribution < -0.4 is 26.4 Å². The van der Waals surface area contributed by atoms with Gasteiger partial charge >= 0.3 is 18.0 Å². The SMILES string of the molecule is CC[N+]1(c2nc(OC)nc(OC)n2)CCOCC1.[Cl-]. The van der Waals surface area contributed by atoms with E-state index < -0.39 is 0 Å². The van der Waals surface area contributed by atoms with Gasteiger partial charge in [0.1, 0.15) is 13.1 Å². The van der Waals surface area contributed by atoms with Crippen LogP contribution in [0.15, 0.2) is 0 Å². The van der Waals surface area contributed by atoms with E-state index in [1.807, 2.05) is 0 Å². The third-order valence-electron chi connectivity index (χ3n) is 3.30. The van der Waals surface area contributed by atoms with E-state index in [1.54, 1.807) is 0 Å². The number of ether oxygens (including phenoxy) is 3. The van der Waals surface area contributed by atoms with Crippen LogP contribution >= 0.6 is 0 Å². The van der Waals surface area contributed by atoms with Gasteiger partial charge in [0.15, 0.2) is 0 Å². The lowest BCUT2D eigenvalue weighted by atomic mass is 10.3. The Bertz CT molecular complexity index is 391. The number of quaternary nitrogens is 1. The molecule has 7 nitrogen and oxygen atoms in total. The minimum absolute atomic E-state index is 0. The lowest BCUT2D eigenvalue weighted by Gasteiger charge is -2.37. The van der Waals surface area contributed by atoms with Crippen LogP contribution in [0.2, 0.25) is 0 Å². The third kappa shape index (κ3) is 3.23. The van der Waals surface area contributed by atoms with Gasteiger partial charge in [-0.15, -0.1) is 15.0 Å². The van der Waals surface area contributed by atoms with Crippen molar-refractivity contribution in [3.8, 4) is 12.0 Å². The van der Waals surface area contributed by atoms with Gasteiger partial charge in [-0.1, -0.05) is 0 Å². The molecular formula is C11H19ClN4O3. The quantitative estimate of drug-likeness (QED) is 0.560. The Hall–Kier alpha value is -1.18. The van der Waals surface area contributed by atoms with Gasteiger partial charge in [-0.05, 0) is 6.92 Å². The van der Waals surface area contributed by atoms with Crippen LogP contribution in [0.1, 0.15) is 6.92 Å². The smallest absolute Gasteiger partial charge is 0.338 e. The number of methoxy groups -OCH3 is 2. The van der Waals surface area contributed by atoms with Crippen LogP contribution in [0, 0.1) is 0 Å². The van der Waals surface area contributed by atoms with Gasteiger partial charge in [0, 0.05) is 0 Å². The molecule has 1 aromatic heterocycles. The second-order valence-corrected chi connectivity index (χ2v) is 4.13. The number of nitrogens with zero attached hydrogens (tertiary/aromatic N) is 4. The molecule has 0 N–H and O–H groups in total. The predicted molar refractivity (Wildman–Crippen MR) is 65.8 cm³/mol. The molecule has 0 spiro atoms. The maximum atomic E-state index is 5.41. The minimum atomic E-state index is 0. The van der Waals surface area contributed by atoms with Crippen molar-refractivity contribution < 1.29 is 26.6 Å². The zero-order valence-corrected chi connectivity index (χ0v) is 12.2. The topological polar surface area (TPSA) is 66.4 Å². The number of hydrogen-bond acceptors (Lipinski definition) is 6. The molecule has 8 heteroatoms. The lowest BCUT2D eigenvalue weighted by molar-refractivity contribution is -0.00000655. The first-order valence-corrected chi connectivity index (χ1v) is 6.02. The number of hydrogen-bond donors (Lipinski definition) is 0. The summed E-state index contributed by atoms with van der Waals surface area (Å²) >= 11 is 0. The standard InChI is InChI=1S/C11H19N4O3.ClH/c1-4-15(5-7-18-8-6-15)9-12-10(16-2)14-11(13-9)17-3;/h4-8H2,1-3H3;1H/q+1;/p-1. The van der Waals surface area contributed by atoms with E-state index in [0.29, 0.717) is 23.6 Å². The largest absolute Gasteiger partial charge is 1.00 e. The molecule has 1 aromatic rings. The number of rotatable bonds is 4. The molecule has 0 aromatic carbocycles.